The number of nitrogens with zero attached hydrogens (tertiary/aromatic N) is 3. The molecule has 112 valence electrons. The van der Waals surface area contributed by atoms with Crippen molar-refractivity contribution in [3.8, 4) is 0 Å². The Bertz CT molecular complexity index is 402. The summed E-state index contributed by atoms with van der Waals surface area (Å²) < 4.78 is 23.5. The molecule has 1 rings (SSSR count). The number of sulfonamides is 1. The topological polar surface area (TPSA) is 81.2 Å². The second-order valence-electron chi connectivity index (χ2n) is 5.05. The first kappa shape index (κ1) is 16.4. The lowest BCUT2D eigenvalue weighted by atomic mass is 10.2. The summed E-state index contributed by atoms with van der Waals surface area (Å²) in [6, 6.07) is 0. The van der Waals surface area contributed by atoms with Crippen LogP contribution >= 0.6 is 0 Å². The van der Waals surface area contributed by atoms with Crippen LogP contribution in [0.3, 0.4) is 0 Å². The van der Waals surface area contributed by atoms with Gasteiger partial charge in [-0.05, 0) is 6.92 Å². The standard InChI is InChI=1S/C11H23N3O4S/c1-10(15)8-13-4-6-14(7-5-13)11(16)9-12(2)19(3,17)18/h10,15H,4-9H2,1-3H3. The van der Waals surface area contributed by atoms with Crippen molar-refractivity contribution in [2.45, 2.75) is 13.0 Å². The smallest absolute Gasteiger partial charge is 0.237 e. The highest BCUT2D eigenvalue weighted by atomic mass is 32.2. The molecule has 1 heterocycles. The minimum Gasteiger partial charge on any atom is -0.392 e. The first-order chi connectivity index (χ1) is 8.70. The van der Waals surface area contributed by atoms with E-state index in [1.165, 1.54) is 7.05 Å². The molecule has 8 heteroatoms. The normalized spacial score (nSPS) is 19.7. The molecule has 7 nitrogen and oxygen atoms in total. The summed E-state index contributed by atoms with van der Waals surface area (Å²) in [6.07, 6.45) is 0.708. The van der Waals surface area contributed by atoms with E-state index >= 15 is 0 Å². The number of aliphatic hydroxyl groups is 1. The van der Waals surface area contributed by atoms with Gasteiger partial charge in [-0.25, -0.2) is 8.42 Å². The quantitative estimate of drug-likeness (QED) is 0.660. The maximum absolute atomic E-state index is 11.9. The highest BCUT2D eigenvalue weighted by molar-refractivity contribution is 7.88. The lowest BCUT2D eigenvalue weighted by molar-refractivity contribution is -0.133. The van der Waals surface area contributed by atoms with Crippen LogP contribution in [-0.4, -0.2) is 92.2 Å². The van der Waals surface area contributed by atoms with Crippen LogP contribution in [0, 0.1) is 0 Å². The number of rotatable bonds is 5. The molecule has 19 heavy (non-hydrogen) atoms. The molecule has 0 bridgehead atoms. The van der Waals surface area contributed by atoms with E-state index in [9.17, 15) is 18.3 Å². The summed E-state index contributed by atoms with van der Waals surface area (Å²) in [5.74, 6) is -0.176. The van der Waals surface area contributed by atoms with Gasteiger partial charge < -0.3 is 10.0 Å². The zero-order valence-corrected chi connectivity index (χ0v) is 12.6. The first-order valence-corrected chi connectivity index (χ1v) is 8.14. The number of likely N-dealkylation sites (N-methyl/N-ethyl adjacent to an activating group) is 1. The van der Waals surface area contributed by atoms with Crippen LogP contribution in [0.2, 0.25) is 0 Å². The highest BCUT2D eigenvalue weighted by Crippen LogP contribution is 2.04. The van der Waals surface area contributed by atoms with E-state index in [0.29, 0.717) is 32.7 Å². The number of hydrogen-bond acceptors (Lipinski definition) is 5. The van der Waals surface area contributed by atoms with Crippen LogP contribution < -0.4 is 0 Å². The Balaban J connectivity index is 2.41. The van der Waals surface area contributed by atoms with E-state index in [1.54, 1.807) is 11.8 Å². The fourth-order valence-corrected chi connectivity index (χ4v) is 2.31. The summed E-state index contributed by atoms with van der Waals surface area (Å²) in [7, 11) is -1.92. The molecule has 1 unspecified atom stereocenters. The molecule has 0 spiro atoms. The van der Waals surface area contributed by atoms with Crippen molar-refractivity contribution in [3.05, 3.63) is 0 Å². The van der Waals surface area contributed by atoms with Crippen molar-refractivity contribution in [1.29, 1.82) is 0 Å². The van der Waals surface area contributed by atoms with Crippen LogP contribution in [0.1, 0.15) is 6.92 Å². The SMILES string of the molecule is CC(O)CN1CCN(C(=O)CN(C)S(C)(=O)=O)CC1. The van der Waals surface area contributed by atoms with Gasteiger partial charge in [0, 0.05) is 39.8 Å². The summed E-state index contributed by atoms with van der Waals surface area (Å²) in [5, 5.41) is 9.29. The van der Waals surface area contributed by atoms with Gasteiger partial charge in [0.25, 0.3) is 0 Å². The largest absolute Gasteiger partial charge is 0.392 e. The first-order valence-electron chi connectivity index (χ1n) is 6.29. The molecule has 0 radical (unpaired) electrons. The van der Waals surface area contributed by atoms with Crippen molar-refractivity contribution < 1.29 is 18.3 Å². The third-order valence-corrected chi connectivity index (χ3v) is 4.43. The molecule has 1 atom stereocenters. The van der Waals surface area contributed by atoms with Crippen molar-refractivity contribution in [3.63, 3.8) is 0 Å². The van der Waals surface area contributed by atoms with Gasteiger partial charge in [-0.15, -0.1) is 0 Å². The molecule has 0 aliphatic carbocycles. The second kappa shape index (κ2) is 6.65. The molecule has 0 aromatic carbocycles. The van der Waals surface area contributed by atoms with Crippen molar-refractivity contribution in [2.75, 3.05) is 52.6 Å². The number of carbonyl (C=O) groups excluding carboxylic acids is 1. The van der Waals surface area contributed by atoms with E-state index in [0.717, 1.165) is 10.6 Å². The molecule has 0 saturated carbocycles. The molecule has 1 fully saturated rings. The molecule has 0 aromatic rings. The summed E-state index contributed by atoms with van der Waals surface area (Å²) >= 11 is 0. The zero-order chi connectivity index (χ0) is 14.6. The number of amides is 1. The Labute approximate surface area is 114 Å². The number of carbonyl (C=O) groups is 1. The number of β-amino-alcohol motifs (C(OH)–C–C–N with tert-alkyl or cyclic N) is 1. The van der Waals surface area contributed by atoms with Crippen LogP contribution in [-0.2, 0) is 14.8 Å². The van der Waals surface area contributed by atoms with Crippen molar-refractivity contribution in [2.24, 2.45) is 0 Å². The summed E-state index contributed by atoms with van der Waals surface area (Å²) in [6.45, 7) is 4.78. The maximum atomic E-state index is 11.9. The minimum absolute atomic E-state index is 0.116. The predicted octanol–water partition coefficient (Wildman–Crippen LogP) is -1.60. The van der Waals surface area contributed by atoms with E-state index in [2.05, 4.69) is 4.90 Å². The van der Waals surface area contributed by atoms with E-state index in [1.807, 2.05) is 0 Å². The van der Waals surface area contributed by atoms with Gasteiger partial charge in [0.1, 0.15) is 0 Å². The molecule has 1 saturated heterocycles. The van der Waals surface area contributed by atoms with Crippen LogP contribution in [0.25, 0.3) is 0 Å². The molecule has 1 N–H and O–H groups in total. The molecule has 0 aromatic heterocycles. The number of hydrogen-bond donors (Lipinski definition) is 1. The lowest BCUT2D eigenvalue weighted by Crippen LogP contribution is -2.52. The van der Waals surface area contributed by atoms with E-state index in [-0.39, 0.29) is 18.6 Å². The third-order valence-electron chi connectivity index (χ3n) is 3.17. The lowest BCUT2D eigenvalue weighted by Gasteiger charge is -2.35. The van der Waals surface area contributed by atoms with Gasteiger partial charge in [-0.3, -0.25) is 9.69 Å². The van der Waals surface area contributed by atoms with Crippen molar-refractivity contribution >= 4 is 15.9 Å². The zero-order valence-electron chi connectivity index (χ0n) is 11.7. The summed E-state index contributed by atoms with van der Waals surface area (Å²) in [4.78, 5) is 15.7. The number of piperazine rings is 1. The maximum Gasteiger partial charge on any atom is 0.237 e. The molecular weight excluding hydrogens is 270 g/mol. The van der Waals surface area contributed by atoms with Crippen molar-refractivity contribution in [1.82, 2.24) is 14.1 Å². The Morgan fingerprint density at radius 3 is 2.26 bits per heavy atom. The average Bonchev–Trinajstić information content (AvgIpc) is 2.27. The highest BCUT2D eigenvalue weighted by Gasteiger charge is 2.24. The van der Waals surface area contributed by atoms with Gasteiger partial charge in [0.15, 0.2) is 0 Å². The van der Waals surface area contributed by atoms with Gasteiger partial charge in [-0.1, -0.05) is 0 Å². The fourth-order valence-electron chi connectivity index (χ4n) is 1.96. The van der Waals surface area contributed by atoms with Gasteiger partial charge in [0.05, 0.1) is 18.9 Å². The van der Waals surface area contributed by atoms with Gasteiger partial charge in [0.2, 0.25) is 15.9 Å². The minimum atomic E-state index is -3.32. The number of aliphatic hydroxyl groups excluding tert-OH is 1. The van der Waals surface area contributed by atoms with Crippen LogP contribution in [0.15, 0.2) is 0 Å². The third kappa shape index (κ3) is 5.43. The van der Waals surface area contributed by atoms with Gasteiger partial charge in [-0.2, -0.15) is 4.31 Å². The predicted molar refractivity (Wildman–Crippen MR) is 72.2 cm³/mol. The van der Waals surface area contributed by atoms with Gasteiger partial charge >= 0.3 is 0 Å². The van der Waals surface area contributed by atoms with Crippen LogP contribution in [0.5, 0.6) is 0 Å². The Morgan fingerprint density at radius 2 is 1.84 bits per heavy atom. The fraction of sp³-hybridized carbons (Fsp3) is 0.909. The van der Waals surface area contributed by atoms with E-state index in [4.69, 9.17) is 0 Å². The monoisotopic (exact) mass is 293 g/mol. The molecule has 1 amide bonds. The Morgan fingerprint density at radius 1 is 1.32 bits per heavy atom. The molecule has 1 aliphatic heterocycles. The molecule has 1 aliphatic rings. The molecular formula is C11H23N3O4S. The Hall–Kier alpha value is -0.700. The summed E-state index contributed by atoms with van der Waals surface area (Å²) in [5.41, 5.74) is 0. The second-order valence-corrected chi connectivity index (χ2v) is 7.14. The average molecular weight is 293 g/mol. The Kier molecular flexibility index (Phi) is 5.72. The van der Waals surface area contributed by atoms with Crippen LogP contribution in [0.4, 0.5) is 0 Å². The van der Waals surface area contributed by atoms with E-state index < -0.39 is 10.0 Å².